The van der Waals surface area contributed by atoms with Crippen molar-refractivity contribution in [3.05, 3.63) is 28.3 Å². The fourth-order valence-electron chi connectivity index (χ4n) is 2.26. The lowest BCUT2D eigenvalue weighted by molar-refractivity contribution is -0.387. The third-order valence-corrected chi connectivity index (χ3v) is 5.62. The minimum Gasteiger partial charge on any atom is -0.399 e. The van der Waals surface area contributed by atoms with Gasteiger partial charge in [-0.3, -0.25) is 10.1 Å². The standard InChI is InChI=1S/C12H18N4O4S/c1-9-8-15(6-5-14(9)2)21(19,20)12-7-10(13)3-4-11(12)16(17)18/h3-4,7,9H,5-6,8,13H2,1-2H3. The van der Waals surface area contributed by atoms with E-state index in [2.05, 4.69) is 0 Å². The van der Waals surface area contributed by atoms with Crippen molar-refractivity contribution in [1.82, 2.24) is 9.21 Å². The first-order valence-corrected chi connectivity index (χ1v) is 7.92. The number of nitro groups is 1. The number of hydrogen-bond acceptors (Lipinski definition) is 6. The Balaban J connectivity index is 2.45. The number of nitrogens with two attached hydrogens (primary N) is 1. The molecule has 0 radical (unpaired) electrons. The molecular weight excluding hydrogens is 296 g/mol. The van der Waals surface area contributed by atoms with Crippen LogP contribution in [0.5, 0.6) is 0 Å². The number of sulfonamides is 1. The van der Waals surface area contributed by atoms with Crippen LogP contribution in [-0.4, -0.2) is 55.3 Å². The molecule has 1 fully saturated rings. The van der Waals surface area contributed by atoms with Gasteiger partial charge in [-0.15, -0.1) is 0 Å². The Kier molecular flexibility index (Phi) is 4.17. The third-order valence-electron chi connectivity index (χ3n) is 3.72. The van der Waals surface area contributed by atoms with Crippen molar-refractivity contribution in [3.8, 4) is 0 Å². The van der Waals surface area contributed by atoms with Gasteiger partial charge in [0.2, 0.25) is 10.0 Å². The number of nitrogen functional groups attached to an aromatic ring is 1. The van der Waals surface area contributed by atoms with Crippen LogP contribution in [0, 0.1) is 10.1 Å². The van der Waals surface area contributed by atoms with Gasteiger partial charge in [-0.25, -0.2) is 8.42 Å². The van der Waals surface area contributed by atoms with Gasteiger partial charge in [0, 0.05) is 37.4 Å². The minimum absolute atomic E-state index is 0.0497. The zero-order valence-corrected chi connectivity index (χ0v) is 12.7. The van der Waals surface area contributed by atoms with Gasteiger partial charge < -0.3 is 10.6 Å². The van der Waals surface area contributed by atoms with Crippen LogP contribution >= 0.6 is 0 Å². The van der Waals surface area contributed by atoms with Crippen molar-refractivity contribution in [2.75, 3.05) is 32.4 Å². The zero-order chi connectivity index (χ0) is 15.8. The number of nitro benzene ring substituents is 1. The van der Waals surface area contributed by atoms with Crippen LogP contribution in [0.1, 0.15) is 6.92 Å². The van der Waals surface area contributed by atoms with E-state index in [1.54, 1.807) is 0 Å². The lowest BCUT2D eigenvalue weighted by atomic mass is 10.2. The molecular formula is C12H18N4O4S. The summed E-state index contributed by atoms with van der Waals surface area (Å²) in [5, 5.41) is 11.1. The molecule has 2 rings (SSSR count). The summed E-state index contributed by atoms with van der Waals surface area (Å²) in [4.78, 5) is 12.0. The molecule has 0 bridgehead atoms. The summed E-state index contributed by atoms with van der Waals surface area (Å²) in [7, 11) is -2.02. The molecule has 0 saturated carbocycles. The smallest absolute Gasteiger partial charge is 0.289 e. The summed E-state index contributed by atoms with van der Waals surface area (Å²) in [5.41, 5.74) is 5.32. The molecule has 9 heteroatoms. The van der Waals surface area contributed by atoms with Crippen LogP contribution in [0.25, 0.3) is 0 Å². The van der Waals surface area contributed by atoms with E-state index in [0.29, 0.717) is 19.6 Å². The molecule has 0 spiro atoms. The topological polar surface area (TPSA) is 110 Å². The van der Waals surface area contributed by atoms with E-state index in [4.69, 9.17) is 5.73 Å². The Morgan fingerprint density at radius 1 is 1.38 bits per heavy atom. The molecule has 1 aromatic rings. The minimum atomic E-state index is -3.93. The zero-order valence-electron chi connectivity index (χ0n) is 11.9. The highest BCUT2D eigenvalue weighted by Gasteiger charge is 2.35. The largest absolute Gasteiger partial charge is 0.399 e. The maximum Gasteiger partial charge on any atom is 0.289 e. The summed E-state index contributed by atoms with van der Waals surface area (Å²) in [5.74, 6) is 0. The number of likely N-dealkylation sites (N-methyl/N-ethyl adjacent to an activating group) is 1. The van der Waals surface area contributed by atoms with Crippen LogP contribution in [0.2, 0.25) is 0 Å². The van der Waals surface area contributed by atoms with Gasteiger partial charge in [-0.2, -0.15) is 4.31 Å². The SMILES string of the molecule is CC1CN(S(=O)(=O)c2cc(N)ccc2[N+](=O)[O-])CCN1C. The monoisotopic (exact) mass is 314 g/mol. The Bertz CT molecular complexity index is 661. The van der Waals surface area contributed by atoms with Gasteiger partial charge >= 0.3 is 0 Å². The number of piperazine rings is 1. The van der Waals surface area contributed by atoms with Crippen molar-refractivity contribution in [3.63, 3.8) is 0 Å². The Morgan fingerprint density at radius 3 is 2.62 bits per heavy atom. The molecule has 0 aliphatic carbocycles. The van der Waals surface area contributed by atoms with Gasteiger partial charge in [-0.1, -0.05) is 0 Å². The molecule has 8 nitrogen and oxygen atoms in total. The number of anilines is 1. The number of benzene rings is 1. The van der Waals surface area contributed by atoms with Gasteiger partial charge in [0.15, 0.2) is 4.90 Å². The van der Waals surface area contributed by atoms with Crippen molar-refractivity contribution in [2.24, 2.45) is 0 Å². The van der Waals surface area contributed by atoms with E-state index in [-0.39, 0.29) is 16.6 Å². The Morgan fingerprint density at radius 2 is 2.05 bits per heavy atom. The van der Waals surface area contributed by atoms with Crippen LogP contribution in [0.15, 0.2) is 23.1 Å². The molecule has 21 heavy (non-hydrogen) atoms. The second kappa shape index (κ2) is 5.58. The fraction of sp³-hybridized carbons (Fsp3) is 0.500. The van der Waals surface area contributed by atoms with Crippen molar-refractivity contribution in [2.45, 2.75) is 17.9 Å². The second-order valence-electron chi connectivity index (χ2n) is 5.18. The van der Waals surface area contributed by atoms with Crippen LogP contribution in [0.4, 0.5) is 11.4 Å². The number of nitrogens with zero attached hydrogens (tertiary/aromatic N) is 3. The van der Waals surface area contributed by atoms with Crippen LogP contribution in [-0.2, 0) is 10.0 Å². The van der Waals surface area contributed by atoms with Crippen LogP contribution in [0.3, 0.4) is 0 Å². The van der Waals surface area contributed by atoms with E-state index in [0.717, 1.165) is 12.1 Å². The number of rotatable bonds is 3. The highest BCUT2D eigenvalue weighted by molar-refractivity contribution is 7.89. The van der Waals surface area contributed by atoms with Crippen molar-refractivity contribution >= 4 is 21.4 Å². The van der Waals surface area contributed by atoms with Gasteiger partial charge in [0.1, 0.15) is 0 Å². The summed E-state index contributed by atoms with van der Waals surface area (Å²) in [6.45, 7) is 3.09. The summed E-state index contributed by atoms with van der Waals surface area (Å²) < 4.78 is 26.6. The first-order chi connectivity index (χ1) is 9.73. The van der Waals surface area contributed by atoms with Gasteiger partial charge in [0.25, 0.3) is 5.69 Å². The lowest BCUT2D eigenvalue weighted by Crippen LogP contribution is -2.51. The summed E-state index contributed by atoms with van der Waals surface area (Å²) in [6, 6.07) is 3.65. The van der Waals surface area contributed by atoms with Gasteiger partial charge in [0.05, 0.1) is 4.92 Å². The summed E-state index contributed by atoms with van der Waals surface area (Å²) >= 11 is 0. The quantitative estimate of drug-likeness (QED) is 0.494. The Labute approximate surface area is 123 Å². The molecule has 1 atom stereocenters. The average molecular weight is 314 g/mol. The molecule has 1 saturated heterocycles. The molecule has 0 amide bonds. The average Bonchev–Trinajstić information content (AvgIpc) is 2.41. The van der Waals surface area contributed by atoms with E-state index >= 15 is 0 Å². The molecule has 1 heterocycles. The molecule has 2 N–H and O–H groups in total. The predicted molar refractivity (Wildman–Crippen MR) is 78.4 cm³/mol. The molecule has 1 aliphatic heterocycles. The highest BCUT2D eigenvalue weighted by Crippen LogP contribution is 2.29. The van der Waals surface area contributed by atoms with E-state index in [1.807, 2.05) is 18.9 Å². The van der Waals surface area contributed by atoms with E-state index < -0.39 is 20.6 Å². The second-order valence-corrected chi connectivity index (χ2v) is 7.08. The third kappa shape index (κ3) is 2.99. The van der Waals surface area contributed by atoms with Gasteiger partial charge in [-0.05, 0) is 26.1 Å². The normalized spacial score (nSPS) is 21.3. The Hall–Kier alpha value is -1.71. The predicted octanol–water partition coefficient (Wildman–Crippen LogP) is 0.502. The fourth-order valence-corrected chi connectivity index (χ4v) is 3.96. The van der Waals surface area contributed by atoms with Crippen molar-refractivity contribution < 1.29 is 13.3 Å². The van der Waals surface area contributed by atoms with Crippen molar-refractivity contribution in [1.29, 1.82) is 0 Å². The summed E-state index contributed by atoms with van der Waals surface area (Å²) in [6.07, 6.45) is 0. The lowest BCUT2D eigenvalue weighted by Gasteiger charge is -2.36. The molecule has 0 aromatic heterocycles. The first-order valence-electron chi connectivity index (χ1n) is 6.48. The molecule has 1 aromatic carbocycles. The van der Waals surface area contributed by atoms with E-state index in [1.165, 1.54) is 10.4 Å². The molecule has 116 valence electrons. The molecule has 1 aliphatic rings. The van der Waals surface area contributed by atoms with E-state index in [9.17, 15) is 18.5 Å². The van der Waals surface area contributed by atoms with Crippen LogP contribution < -0.4 is 5.73 Å². The maximum atomic E-state index is 12.7. The number of hydrogen-bond donors (Lipinski definition) is 1. The molecule has 1 unspecified atom stereocenters. The highest BCUT2D eigenvalue weighted by atomic mass is 32.2. The first kappa shape index (κ1) is 15.7. The maximum absolute atomic E-state index is 12.7.